The summed E-state index contributed by atoms with van der Waals surface area (Å²) in [5.41, 5.74) is -1.01. The first-order valence-corrected chi connectivity index (χ1v) is 5.27. The van der Waals surface area contributed by atoms with Crippen molar-refractivity contribution in [3.05, 3.63) is 53.8 Å². The molecule has 2 aromatic rings. The zero-order valence-corrected chi connectivity index (χ0v) is 9.64. The van der Waals surface area contributed by atoms with Crippen LogP contribution in [-0.2, 0) is 0 Å². The summed E-state index contributed by atoms with van der Waals surface area (Å²) in [7, 11) is 0. The van der Waals surface area contributed by atoms with Gasteiger partial charge in [0.2, 0.25) is 0 Å². The first-order valence-electron chi connectivity index (χ1n) is 5.27. The van der Waals surface area contributed by atoms with Gasteiger partial charge in [-0.25, -0.2) is 13.2 Å². The lowest BCUT2D eigenvalue weighted by Gasteiger charge is -2.11. The van der Waals surface area contributed by atoms with Crippen molar-refractivity contribution < 1.29 is 31.1 Å². The lowest BCUT2D eigenvalue weighted by atomic mass is 10.0. The topological polar surface area (TPSA) is 9.23 Å². The van der Waals surface area contributed by atoms with Gasteiger partial charge in [-0.15, -0.1) is 13.2 Å². The molecule has 0 fully saturated rings. The minimum Gasteiger partial charge on any atom is -0.406 e. The molecule has 0 aromatic heterocycles. The van der Waals surface area contributed by atoms with Gasteiger partial charge in [-0.2, -0.15) is 0 Å². The van der Waals surface area contributed by atoms with E-state index in [0.29, 0.717) is 12.1 Å². The lowest BCUT2D eigenvalue weighted by molar-refractivity contribution is -0.274. The van der Waals surface area contributed by atoms with Crippen molar-refractivity contribution in [2.75, 3.05) is 0 Å². The van der Waals surface area contributed by atoms with Crippen LogP contribution in [0.2, 0.25) is 0 Å². The number of benzene rings is 2. The molecule has 0 heterocycles. The maximum absolute atomic E-state index is 13.6. The van der Waals surface area contributed by atoms with E-state index in [2.05, 4.69) is 4.74 Å². The van der Waals surface area contributed by atoms with Crippen molar-refractivity contribution in [1.29, 1.82) is 0 Å². The highest BCUT2D eigenvalue weighted by molar-refractivity contribution is 5.66. The van der Waals surface area contributed by atoms with E-state index in [9.17, 15) is 26.3 Å². The average Bonchev–Trinajstić information content (AvgIpc) is 2.34. The summed E-state index contributed by atoms with van der Waals surface area (Å²) in [6.07, 6.45) is -4.96. The van der Waals surface area contributed by atoms with Crippen LogP contribution in [0.25, 0.3) is 11.1 Å². The Balaban J connectivity index is 2.51. The molecule has 0 unspecified atom stereocenters. The second-order valence-corrected chi connectivity index (χ2v) is 3.79. The van der Waals surface area contributed by atoms with E-state index >= 15 is 0 Å². The van der Waals surface area contributed by atoms with Crippen LogP contribution in [0.4, 0.5) is 26.3 Å². The first kappa shape index (κ1) is 14.2. The third-order valence-electron chi connectivity index (χ3n) is 2.41. The van der Waals surface area contributed by atoms with E-state index in [1.54, 1.807) is 0 Å². The van der Waals surface area contributed by atoms with E-state index in [-0.39, 0.29) is 0 Å². The van der Waals surface area contributed by atoms with Gasteiger partial charge in [-0.1, -0.05) is 12.1 Å². The van der Waals surface area contributed by atoms with Crippen LogP contribution in [0.3, 0.4) is 0 Å². The molecule has 0 saturated heterocycles. The molecule has 1 nitrogen and oxygen atoms in total. The van der Waals surface area contributed by atoms with Gasteiger partial charge in [0.15, 0.2) is 11.6 Å². The lowest BCUT2D eigenvalue weighted by Crippen LogP contribution is -2.17. The minimum atomic E-state index is -4.96. The molecule has 0 aliphatic rings. The van der Waals surface area contributed by atoms with Gasteiger partial charge in [0, 0.05) is 11.1 Å². The summed E-state index contributed by atoms with van der Waals surface area (Å²) in [5, 5.41) is 0. The van der Waals surface area contributed by atoms with Gasteiger partial charge in [-0.05, 0) is 24.3 Å². The Labute approximate surface area is 109 Å². The van der Waals surface area contributed by atoms with Crippen molar-refractivity contribution in [3.8, 4) is 16.9 Å². The molecule has 7 heteroatoms. The molecule has 0 N–H and O–H groups in total. The van der Waals surface area contributed by atoms with Crippen LogP contribution >= 0.6 is 0 Å². The second-order valence-electron chi connectivity index (χ2n) is 3.79. The predicted molar refractivity (Wildman–Crippen MR) is 58.4 cm³/mol. The van der Waals surface area contributed by atoms with E-state index < -0.39 is 40.7 Å². The van der Waals surface area contributed by atoms with E-state index in [1.807, 2.05) is 0 Å². The molecule has 0 radical (unpaired) electrons. The summed E-state index contributed by atoms with van der Waals surface area (Å²) in [6, 6.07) is 5.05. The fourth-order valence-corrected chi connectivity index (χ4v) is 1.62. The van der Waals surface area contributed by atoms with Crippen molar-refractivity contribution in [3.63, 3.8) is 0 Å². The first-order chi connectivity index (χ1) is 9.28. The van der Waals surface area contributed by atoms with Crippen molar-refractivity contribution in [2.45, 2.75) is 6.36 Å². The number of alkyl halides is 3. The molecule has 2 aromatic carbocycles. The minimum absolute atomic E-state index is 0.491. The molecular formula is C13H6F6O. The molecule has 2 rings (SSSR count). The molecule has 0 bridgehead atoms. The third kappa shape index (κ3) is 3.04. The van der Waals surface area contributed by atoms with Gasteiger partial charge in [0.25, 0.3) is 0 Å². The summed E-state index contributed by atoms with van der Waals surface area (Å²) >= 11 is 0. The molecule has 0 amide bonds. The number of hydrogen-bond donors (Lipinski definition) is 0. The van der Waals surface area contributed by atoms with E-state index in [0.717, 1.165) is 24.3 Å². The smallest absolute Gasteiger partial charge is 0.406 e. The maximum Gasteiger partial charge on any atom is 0.573 e. The Morgan fingerprint density at radius 2 is 1.50 bits per heavy atom. The highest BCUT2D eigenvalue weighted by atomic mass is 19.4. The Morgan fingerprint density at radius 1 is 0.800 bits per heavy atom. The number of halogens is 6. The summed E-state index contributed by atoms with van der Waals surface area (Å²) in [5.74, 6) is -4.30. The quantitative estimate of drug-likeness (QED) is 0.731. The third-order valence-corrected chi connectivity index (χ3v) is 2.41. The molecular weight excluding hydrogens is 286 g/mol. The van der Waals surface area contributed by atoms with Crippen molar-refractivity contribution >= 4 is 0 Å². The van der Waals surface area contributed by atoms with E-state index in [1.165, 1.54) is 0 Å². The van der Waals surface area contributed by atoms with Crippen LogP contribution in [-0.4, -0.2) is 6.36 Å². The molecule has 20 heavy (non-hydrogen) atoms. The van der Waals surface area contributed by atoms with Crippen LogP contribution in [0.1, 0.15) is 0 Å². The Bertz CT molecular complexity index is 635. The van der Waals surface area contributed by atoms with Gasteiger partial charge in [-0.3, -0.25) is 0 Å². The zero-order chi connectivity index (χ0) is 14.9. The van der Waals surface area contributed by atoms with Gasteiger partial charge < -0.3 is 4.74 Å². The standard InChI is InChI=1S/C13H6F6O/c14-10-5-4-7(20-13(17,18)19)6-9(10)8-2-1-3-11(15)12(8)16/h1-6H. The molecule has 0 saturated carbocycles. The maximum atomic E-state index is 13.6. The van der Waals surface area contributed by atoms with Gasteiger partial charge >= 0.3 is 6.36 Å². The second kappa shape index (κ2) is 5.07. The normalized spacial score (nSPS) is 11.5. The molecule has 0 aliphatic carbocycles. The van der Waals surface area contributed by atoms with Crippen molar-refractivity contribution in [2.24, 2.45) is 0 Å². The molecule has 0 aliphatic heterocycles. The molecule has 106 valence electrons. The Kier molecular flexibility index (Phi) is 3.61. The number of hydrogen-bond acceptors (Lipinski definition) is 1. The Morgan fingerprint density at radius 3 is 2.15 bits per heavy atom. The number of rotatable bonds is 2. The SMILES string of the molecule is Fc1ccc(OC(F)(F)F)cc1-c1cccc(F)c1F. The highest BCUT2D eigenvalue weighted by Gasteiger charge is 2.31. The van der Waals surface area contributed by atoms with Crippen LogP contribution in [0, 0.1) is 17.5 Å². The number of ether oxygens (including phenoxy) is 1. The van der Waals surface area contributed by atoms with E-state index in [4.69, 9.17) is 0 Å². The van der Waals surface area contributed by atoms with Gasteiger partial charge in [0.05, 0.1) is 0 Å². The van der Waals surface area contributed by atoms with Crippen LogP contribution in [0.5, 0.6) is 5.75 Å². The predicted octanol–water partition coefficient (Wildman–Crippen LogP) is 4.67. The summed E-state index contributed by atoms with van der Waals surface area (Å²) < 4.78 is 80.0. The fourth-order valence-electron chi connectivity index (χ4n) is 1.62. The fraction of sp³-hybridized carbons (Fsp3) is 0.0769. The van der Waals surface area contributed by atoms with Crippen LogP contribution in [0.15, 0.2) is 36.4 Å². The summed E-state index contributed by atoms with van der Waals surface area (Å²) in [4.78, 5) is 0. The van der Waals surface area contributed by atoms with Crippen LogP contribution < -0.4 is 4.74 Å². The van der Waals surface area contributed by atoms with Gasteiger partial charge in [0.1, 0.15) is 11.6 Å². The average molecular weight is 292 g/mol. The summed E-state index contributed by atoms with van der Waals surface area (Å²) in [6.45, 7) is 0. The molecule has 0 spiro atoms. The molecule has 0 atom stereocenters. The largest absolute Gasteiger partial charge is 0.573 e. The Hall–Kier alpha value is -2.18. The van der Waals surface area contributed by atoms with Crippen molar-refractivity contribution in [1.82, 2.24) is 0 Å². The highest BCUT2D eigenvalue weighted by Crippen LogP contribution is 2.32. The monoisotopic (exact) mass is 292 g/mol. The zero-order valence-electron chi connectivity index (χ0n) is 9.64.